The molecule has 0 amide bonds. The zero-order valence-corrected chi connectivity index (χ0v) is 31.3. The summed E-state index contributed by atoms with van der Waals surface area (Å²) >= 11 is 0. The van der Waals surface area contributed by atoms with Gasteiger partial charge in [-0.2, -0.15) is 0 Å². The molecule has 0 aliphatic heterocycles. The fourth-order valence-corrected chi connectivity index (χ4v) is 9.04. The minimum Gasteiger partial charge on any atom is -0.241 e. The Labute approximate surface area is 330 Å². The predicted molar refractivity (Wildman–Crippen MR) is 234 cm³/mol. The van der Waals surface area contributed by atoms with E-state index in [1.54, 1.807) is 24.8 Å². The number of pyridine rings is 1. The third kappa shape index (κ3) is 6.00. The van der Waals surface area contributed by atoms with E-state index in [2.05, 4.69) is 153 Å². The van der Waals surface area contributed by atoms with Crippen LogP contribution in [-0.2, 0) is 0 Å². The normalized spacial score (nSPS) is 13.3. The number of hydrogen-bond acceptors (Lipinski definition) is 5. The maximum Gasteiger partial charge on any atom is 0.178 e. The van der Waals surface area contributed by atoms with Crippen LogP contribution in [0, 0.1) is 0 Å². The first-order valence-electron chi connectivity index (χ1n) is 19.8. The van der Waals surface area contributed by atoms with Gasteiger partial charge in [-0.25, -0.2) is 24.9 Å². The Hall–Kier alpha value is -7.11. The lowest BCUT2D eigenvalue weighted by Gasteiger charge is -2.21. The number of nitrogens with zero attached hydrogens (tertiary/aromatic N) is 5. The van der Waals surface area contributed by atoms with E-state index in [9.17, 15) is 0 Å². The first-order valence-corrected chi connectivity index (χ1v) is 19.8. The molecule has 0 unspecified atom stereocenters. The number of fused-ring (bicyclic) bond motifs is 4. The van der Waals surface area contributed by atoms with Crippen molar-refractivity contribution >= 4 is 43.1 Å². The van der Waals surface area contributed by atoms with E-state index in [1.165, 1.54) is 96.6 Å². The molecule has 57 heavy (non-hydrogen) atoms. The summed E-state index contributed by atoms with van der Waals surface area (Å²) in [7, 11) is 0. The number of hydrogen-bond donors (Lipinski definition) is 0. The molecule has 1 aliphatic carbocycles. The Bertz CT molecular complexity index is 3080. The summed E-state index contributed by atoms with van der Waals surface area (Å²) in [5.41, 5.74) is 9.77. The van der Waals surface area contributed by atoms with Crippen LogP contribution >= 0.6 is 0 Å². The Kier molecular flexibility index (Phi) is 8.09. The number of benzene rings is 7. The molecule has 1 saturated carbocycles. The third-order valence-corrected chi connectivity index (χ3v) is 11.8. The highest BCUT2D eigenvalue weighted by atomic mass is 14.9. The molecule has 1 fully saturated rings. The quantitative estimate of drug-likeness (QED) is 0.159. The zero-order valence-electron chi connectivity index (χ0n) is 31.3. The largest absolute Gasteiger partial charge is 0.241 e. The summed E-state index contributed by atoms with van der Waals surface area (Å²) in [6.45, 7) is 0. The standard InChI is InChI=1S/C52H37N5/c1-2-10-33(9-1)38-19-21-43-45(29-38)49(40-17-15-34-11-3-5-13-36(34)27-40)44-22-20-39(30-46(44)50(43)41-18-16-35-12-4-6-14-37(35)28-41)42-31-47(51-53-23-7-24-54-51)57-48(32-42)52-55-25-8-26-56-52/h3-8,11-33H,1-2,9-10H2. The summed E-state index contributed by atoms with van der Waals surface area (Å²) in [6.07, 6.45) is 12.1. The smallest absolute Gasteiger partial charge is 0.178 e. The molecule has 0 radical (unpaired) electrons. The highest BCUT2D eigenvalue weighted by Crippen LogP contribution is 2.47. The second-order valence-corrected chi connectivity index (χ2v) is 15.2. The molecular formula is C52H37N5. The van der Waals surface area contributed by atoms with Gasteiger partial charge < -0.3 is 0 Å². The highest BCUT2D eigenvalue weighted by Gasteiger charge is 2.23. The lowest BCUT2D eigenvalue weighted by Crippen LogP contribution is -1.97. The van der Waals surface area contributed by atoms with Crippen LogP contribution in [0.5, 0.6) is 0 Å². The van der Waals surface area contributed by atoms with Crippen LogP contribution in [0.3, 0.4) is 0 Å². The summed E-state index contributed by atoms with van der Waals surface area (Å²) in [5.74, 6) is 1.70. The first kappa shape index (κ1) is 33.2. The van der Waals surface area contributed by atoms with Gasteiger partial charge in [0.25, 0.3) is 0 Å². The van der Waals surface area contributed by atoms with Crippen molar-refractivity contribution in [2.45, 2.75) is 31.6 Å². The molecule has 7 aromatic carbocycles. The van der Waals surface area contributed by atoms with Crippen molar-refractivity contribution < 1.29 is 0 Å². The van der Waals surface area contributed by atoms with E-state index in [0.717, 1.165) is 11.1 Å². The van der Waals surface area contributed by atoms with Crippen molar-refractivity contribution in [2.75, 3.05) is 0 Å². The second kappa shape index (κ2) is 13.9. The minimum absolute atomic E-state index is 0.553. The Balaban J connectivity index is 1.23. The lowest BCUT2D eigenvalue weighted by molar-refractivity contribution is 0.724. The van der Waals surface area contributed by atoms with E-state index >= 15 is 0 Å². The fraction of sp³-hybridized carbons (Fsp3) is 0.0962. The van der Waals surface area contributed by atoms with Gasteiger partial charge in [0.05, 0.1) is 0 Å². The fourth-order valence-electron chi connectivity index (χ4n) is 9.04. The first-order chi connectivity index (χ1) is 28.2. The van der Waals surface area contributed by atoms with Gasteiger partial charge in [0, 0.05) is 24.8 Å². The average Bonchev–Trinajstić information content (AvgIpc) is 3.84. The van der Waals surface area contributed by atoms with E-state index in [-0.39, 0.29) is 0 Å². The van der Waals surface area contributed by atoms with Crippen LogP contribution in [0.1, 0.15) is 37.2 Å². The van der Waals surface area contributed by atoms with Gasteiger partial charge in [0.2, 0.25) is 0 Å². The second-order valence-electron chi connectivity index (χ2n) is 15.2. The van der Waals surface area contributed by atoms with Crippen molar-refractivity contribution in [1.29, 1.82) is 0 Å². The molecule has 0 spiro atoms. The van der Waals surface area contributed by atoms with Gasteiger partial charge in [-0.05, 0) is 143 Å². The molecule has 1 aliphatic rings. The molecular weight excluding hydrogens is 695 g/mol. The van der Waals surface area contributed by atoms with Crippen LogP contribution < -0.4 is 0 Å². The van der Waals surface area contributed by atoms with Crippen LogP contribution in [0.4, 0.5) is 0 Å². The van der Waals surface area contributed by atoms with Gasteiger partial charge in [-0.3, -0.25) is 0 Å². The maximum atomic E-state index is 4.97. The summed E-state index contributed by atoms with van der Waals surface area (Å²) < 4.78 is 0. The molecule has 5 nitrogen and oxygen atoms in total. The third-order valence-electron chi connectivity index (χ3n) is 11.8. The highest BCUT2D eigenvalue weighted by molar-refractivity contribution is 6.22. The molecule has 10 aromatic rings. The van der Waals surface area contributed by atoms with Gasteiger partial charge >= 0.3 is 0 Å². The molecule has 0 N–H and O–H groups in total. The van der Waals surface area contributed by atoms with Crippen molar-refractivity contribution in [2.24, 2.45) is 0 Å². The number of rotatable bonds is 6. The topological polar surface area (TPSA) is 64.5 Å². The van der Waals surface area contributed by atoms with Crippen LogP contribution in [0.15, 0.2) is 170 Å². The van der Waals surface area contributed by atoms with Crippen LogP contribution in [-0.4, -0.2) is 24.9 Å². The maximum absolute atomic E-state index is 4.97. The molecule has 270 valence electrons. The zero-order chi connectivity index (χ0) is 37.7. The van der Waals surface area contributed by atoms with Crippen molar-refractivity contribution in [3.8, 4) is 56.4 Å². The van der Waals surface area contributed by atoms with Gasteiger partial charge in [0.15, 0.2) is 11.6 Å². The van der Waals surface area contributed by atoms with E-state index in [0.29, 0.717) is 29.0 Å². The summed E-state index contributed by atoms with van der Waals surface area (Å²) in [5, 5.41) is 9.91. The SMILES string of the molecule is c1cnc(-c2cc(-c3ccc4c(-c5ccc6ccccc6c5)c5cc(C6CCCC6)ccc5c(-c5ccc6ccccc6c5)c4c3)cc(-c3ncccn3)n2)nc1. The molecule has 5 heteroatoms. The van der Waals surface area contributed by atoms with E-state index < -0.39 is 0 Å². The van der Waals surface area contributed by atoms with Crippen molar-refractivity contribution in [3.05, 3.63) is 176 Å². The minimum atomic E-state index is 0.553. The van der Waals surface area contributed by atoms with Gasteiger partial charge in [-0.1, -0.05) is 116 Å². The Morgan fingerprint density at radius 2 is 0.860 bits per heavy atom. The Morgan fingerprint density at radius 3 is 1.42 bits per heavy atom. The van der Waals surface area contributed by atoms with Crippen LogP contribution in [0.2, 0.25) is 0 Å². The summed E-state index contributed by atoms with van der Waals surface area (Å²) in [4.78, 5) is 23.2. The molecule has 0 atom stereocenters. The monoisotopic (exact) mass is 731 g/mol. The number of aromatic nitrogens is 5. The molecule has 3 heterocycles. The van der Waals surface area contributed by atoms with Crippen molar-refractivity contribution in [1.82, 2.24) is 24.9 Å². The Morgan fingerprint density at radius 1 is 0.368 bits per heavy atom. The summed E-state index contributed by atoms with van der Waals surface area (Å²) in [6, 6.07) is 53.3. The predicted octanol–water partition coefficient (Wildman–Crippen LogP) is 13.3. The molecule has 3 aromatic heterocycles. The molecule has 11 rings (SSSR count). The molecule has 0 saturated heterocycles. The van der Waals surface area contributed by atoms with Crippen molar-refractivity contribution in [3.63, 3.8) is 0 Å². The average molecular weight is 732 g/mol. The van der Waals surface area contributed by atoms with Crippen LogP contribution in [0.25, 0.3) is 99.5 Å². The van der Waals surface area contributed by atoms with Gasteiger partial charge in [0.1, 0.15) is 11.4 Å². The van der Waals surface area contributed by atoms with Gasteiger partial charge in [-0.15, -0.1) is 0 Å². The lowest BCUT2D eigenvalue weighted by atomic mass is 9.82. The molecule has 0 bridgehead atoms. The van der Waals surface area contributed by atoms with E-state index in [1.807, 2.05) is 12.1 Å². The van der Waals surface area contributed by atoms with E-state index in [4.69, 9.17) is 4.98 Å².